The summed E-state index contributed by atoms with van der Waals surface area (Å²) in [4.78, 5) is 12.0. The van der Waals surface area contributed by atoms with E-state index in [2.05, 4.69) is 10.6 Å². The Morgan fingerprint density at radius 1 is 1.48 bits per heavy atom. The zero-order valence-electron chi connectivity index (χ0n) is 11.7. The van der Waals surface area contributed by atoms with E-state index in [1.807, 2.05) is 6.92 Å². The van der Waals surface area contributed by atoms with Gasteiger partial charge in [-0.15, -0.1) is 12.4 Å². The van der Waals surface area contributed by atoms with E-state index in [0.29, 0.717) is 16.7 Å². The third-order valence-electron chi connectivity index (χ3n) is 3.71. The minimum absolute atomic E-state index is 0. The summed E-state index contributed by atoms with van der Waals surface area (Å²) < 4.78 is 18.8. The van der Waals surface area contributed by atoms with Gasteiger partial charge in [-0.3, -0.25) is 4.79 Å². The second-order valence-corrected chi connectivity index (χ2v) is 5.25. The fourth-order valence-corrected chi connectivity index (χ4v) is 2.53. The molecule has 1 unspecified atom stereocenters. The SMILES string of the molecule is C[C@@H](NC(=O)C1CCNC1)c1cc2cc(F)ccc2o1.Cl. The van der Waals surface area contributed by atoms with E-state index < -0.39 is 0 Å². The van der Waals surface area contributed by atoms with Crippen LogP contribution in [0.5, 0.6) is 0 Å². The van der Waals surface area contributed by atoms with Crippen LogP contribution in [0.1, 0.15) is 25.1 Å². The van der Waals surface area contributed by atoms with Gasteiger partial charge in [0.05, 0.1) is 12.0 Å². The van der Waals surface area contributed by atoms with E-state index in [-0.39, 0.29) is 36.1 Å². The molecule has 2 atom stereocenters. The van der Waals surface area contributed by atoms with Crippen molar-refractivity contribution in [2.45, 2.75) is 19.4 Å². The Morgan fingerprint density at radius 2 is 2.29 bits per heavy atom. The van der Waals surface area contributed by atoms with Crippen LogP contribution in [0.3, 0.4) is 0 Å². The molecule has 2 aromatic rings. The molecule has 1 aliphatic heterocycles. The number of carbonyl (C=O) groups excluding carboxylic acids is 1. The molecular formula is C15H18ClFN2O2. The van der Waals surface area contributed by atoms with Crippen LogP contribution in [-0.4, -0.2) is 19.0 Å². The van der Waals surface area contributed by atoms with Crippen LogP contribution in [0, 0.1) is 11.7 Å². The number of rotatable bonds is 3. The largest absolute Gasteiger partial charge is 0.459 e. The zero-order valence-corrected chi connectivity index (χ0v) is 12.5. The normalized spacial score (nSPS) is 19.2. The van der Waals surface area contributed by atoms with Crippen LogP contribution in [0.4, 0.5) is 4.39 Å². The average Bonchev–Trinajstić information content (AvgIpc) is 3.07. The first-order valence-corrected chi connectivity index (χ1v) is 6.83. The molecule has 1 aliphatic rings. The summed E-state index contributed by atoms with van der Waals surface area (Å²) in [6, 6.07) is 5.94. The monoisotopic (exact) mass is 312 g/mol. The highest BCUT2D eigenvalue weighted by atomic mass is 35.5. The summed E-state index contributed by atoms with van der Waals surface area (Å²) in [6.45, 7) is 3.48. The molecule has 1 aromatic carbocycles. The summed E-state index contributed by atoms with van der Waals surface area (Å²) in [5.74, 6) is 0.414. The number of carbonyl (C=O) groups is 1. The molecule has 0 aliphatic carbocycles. The fourth-order valence-electron chi connectivity index (χ4n) is 2.53. The van der Waals surface area contributed by atoms with Crippen molar-refractivity contribution in [2.24, 2.45) is 5.92 Å². The van der Waals surface area contributed by atoms with Crippen molar-refractivity contribution in [1.29, 1.82) is 0 Å². The minimum Gasteiger partial charge on any atom is -0.459 e. The fraction of sp³-hybridized carbons (Fsp3) is 0.400. The Morgan fingerprint density at radius 3 is 3.00 bits per heavy atom. The van der Waals surface area contributed by atoms with E-state index in [0.717, 1.165) is 19.5 Å². The Bertz CT molecular complexity index is 638. The predicted molar refractivity (Wildman–Crippen MR) is 81.0 cm³/mol. The number of nitrogens with one attached hydrogen (secondary N) is 2. The summed E-state index contributed by atoms with van der Waals surface area (Å²) in [7, 11) is 0. The van der Waals surface area contributed by atoms with E-state index in [9.17, 15) is 9.18 Å². The Hall–Kier alpha value is -1.59. The number of halogens is 2. The van der Waals surface area contributed by atoms with Gasteiger partial charge in [0.2, 0.25) is 5.91 Å². The molecule has 21 heavy (non-hydrogen) atoms. The lowest BCUT2D eigenvalue weighted by atomic mass is 10.1. The Balaban J connectivity index is 0.00000161. The smallest absolute Gasteiger partial charge is 0.225 e. The van der Waals surface area contributed by atoms with Crippen LogP contribution >= 0.6 is 12.4 Å². The van der Waals surface area contributed by atoms with E-state index >= 15 is 0 Å². The van der Waals surface area contributed by atoms with E-state index in [1.54, 1.807) is 12.1 Å². The summed E-state index contributed by atoms with van der Waals surface area (Å²) >= 11 is 0. The topological polar surface area (TPSA) is 54.3 Å². The second kappa shape index (κ2) is 6.45. The lowest BCUT2D eigenvalue weighted by Gasteiger charge is -2.14. The number of hydrogen-bond donors (Lipinski definition) is 2. The van der Waals surface area contributed by atoms with Crippen molar-refractivity contribution in [3.63, 3.8) is 0 Å². The third kappa shape index (κ3) is 3.36. The summed E-state index contributed by atoms with van der Waals surface area (Å²) in [5.41, 5.74) is 0.630. The minimum atomic E-state index is -0.293. The molecule has 1 aromatic heterocycles. The molecule has 2 N–H and O–H groups in total. The molecule has 1 saturated heterocycles. The number of hydrogen-bond acceptors (Lipinski definition) is 3. The number of fused-ring (bicyclic) bond motifs is 1. The van der Waals surface area contributed by atoms with E-state index in [4.69, 9.17) is 4.42 Å². The van der Waals surface area contributed by atoms with Gasteiger partial charge in [0, 0.05) is 11.9 Å². The maximum atomic E-state index is 13.1. The first-order valence-electron chi connectivity index (χ1n) is 6.83. The number of furan rings is 1. The van der Waals surface area contributed by atoms with Gasteiger partial charge in [0.25, 0.3) is 0 Å². The lowest BCUT2D eigenvalue weighted by Crippen LogP contribution is -2.33. The maximum absolute atomic E-state index is 13.1. The predicted octanol–water partition coefficient (Wildman–Crippen LogP) is 2.78. The maximum Gasteiger partial charge on any atom is 0.225 e. The highest BCUT2D eigenvalue weighted by Crippen LogP contribution is 2.25. The molecule has 114 valence electrons. The number of benzene rings is 1. The Kier molecular flexibility index (Phi) is 4.85. The number of amides is 1. The molecule has 0 bridgehead atoms. The van der Waals surface area contributed by atoms with Gasteiger partial charge in [0.1, 0.15) is 17.2 Å². The van der Waals surface area contributed by atoms with Crippen molar-refractivity contribution in [3.8, 4) is 0 Å². The molecule has 0 spiro atoms. The van der Waals surface area contributed by atoms with Crippen molar-refractivity contribution in [3.05, 3.63) is 35.8 Å². The van der Waals surface area contributed by atoms with E-state index in [1.165, 1.54) is 12.1 Å². The van der Waals surface area contributed by atoms with Gasteiger partial charge in [-0.2, -0.15) is 0 Å². The first-order chi connectivity index (χ1) is 9.63. The second-order valence-electron chi connectivity index (χ2n) is 5.25. The molecule has 1 fully saturated rings. The molecule has 1 amide bonds. The Labute approximate surface area is 128 Å². The van der Waals surface area contributed by atoms with Crippen LogP contribution in [0.15, 0.2) is 28.7 Å². The average molecular weight is 313 g/mol. The van der Waals surface area contributed by atoms with Crippen LogP contribution < -0.4 is 10.6 Å². The standard InChI is InChI=1S/C15H17FN2O2.ClH/c1-9(18-15(19)10-4-5-17-8-10)14-7-11-6-12(16)2-3-13(11)20-14;/h2-3,6-7,9-10,17H,4-5,8H2,1H3,(H,18,19);1H/t9-,10?;/m1./s1. The molecule has 3 rings (SSSR count). The molecule has 0 saturated carbocycles. The van der Waals surface area contributed by atoms with Crippen LogP contribution in [0.2, 0.25) is 0 Å². The van der Waals surface area contributed by atoms with Crippen molar-refractivity contribution in [2.75, 3.05) is 13.1 Å². The van der Waals surface area contributed by atoms with Gasteiger partial charge < -0.3 is 15.1 Å². The molecule has 2 heterocycles. The van der Waals surface area contributed by atoms with Gasteiger partial charge in [-0.05, 0) is 44.2 Å². The molecule has 6 heteroatoms. The van der Waals surface area contributed by atoms with Crippen molar-refractivity contribution < 1.29 is 13.6 Å². The molecular weight excluding hydrogens is 295 g/mol. The van der Waals surface area contributed by atoms with Crippen LogP contribution in [-0.2, 0) is 4.79 Å². The molecule has 4 nitrogen and oxygen atoms in total. The highest BCUT2D eigenvalue weighted by Gasteiger charge is 2.24. The van der Waals surface area contributed by atoms with Gasteiger partial charge in [-0.25, -0.2) is 4.39 Å². The lowest BCUT2D eigenvalue weighted by molar-refractivity contribution is -0.125. The first kappa shape index (κ1) is 15.8. The molecule has 0 radical (unpaired) electrons. The zero-order chi connectivity index (χ0) is 14.1. The van der Waals surface area contributed by atoms with Crippen LogP contribution in [0.25, 0.3) is 11.0 Å². The highest BCUT2D eigenvalue weighted by molar-refractivity contribution is 5.85. The summed E-state index contributed by atoms with van der Waals surface area (Å²) in [5, 5.41) is 6.83. The van der Waals surface area contributed by atoms with Gasteiger partial charge in [-0.1, -0.05) is 0 Å². The van der Waals surface area contributed by atoms with Gasteiger partial charge >= 0.3 is 0 Å². The van der Waals surface area contributed by atoms with Crippen molar-refractivity contribution in [1.82, 2.24) is 10.6 Å². The quantitative estimate of drug-likeness (QED) is 0.916. The summed E-state index contributed by atoms with van der Waals surface area (Å²) in [6.07, 6.45) is 0.865. The van der Waals surface area contributed by atoms with Crippen molar-refractivity contribution >= 4 is 29.3 Å². The third-order valence-corrected chi connectivity index (χ3v) is 3.71. The van der Waals surface area contributed by atoms with Gasteiger partial charge in [0.15, 0.2) is 0 Å².